The zero-order chi connectivity index (χ0) is 21.5. The summed E-state index contributed by atoms with van der Waals surface area (Å²) >= 11 is 0. The number of hydrogen-bond donors (Lipinski definition) is 1. The molecule has 0 bridgehead atoms. The van der Waals surface area contributed by atoms with Gasteiger partial charge < -0.3 is 15.0 Å². The Balaban J connectivity index is 1.30. The summed E-state index contributed by atoms with van der Waals surface area (Å²) in [5.41, 5.74) is 1.26. The average molecular weight is 416 g/mol. The normalized spacial score (nSPS) is 14.1. The number of aromatic nitrogens is 1. The number of benzene rings is 2. The zero-order valence-electron chi connectivity index (χ0n) is 17.1. The Kier molecular flexibility index (Phi) is 6.54. The Morgan fingerprint density at radius 3 is 2.29 bits per heavy atom. The van der Waals surface area contributed by atoms with Crippen LogP contribution in [0.25, 0.3) is 0 Å². The van der Waals surface area contributed by atoms with E-state index in [1.165, 1.54) is 0 Å². The highest BCUT2D eigenvalue weighted by atomic mass is 16.5. The third-order valence-corrected chi connectivity index (χ3v) is 5.09. The van der Waals surface area contributed by atoms with Gasteiger partial charge in [-0.15, -0.1) is 0 Å². The minimum Gasteiger partial charge on any atom is -0.455 e. The molecule has 2 aromatic carbocycles. The number of nitrogens with zero attached hydrogens (tertiary/aromatic N) is 3. The average Bonchev–Trinajstić information content (AvgIpc) is 2.82. The second-order valence-corrected chi connectivity index (χ2v) is 7.26. The first-order valence-corrected chi connectivity index (χ1v) is 10.2. The molecule has 7 heteroatoms. The van der Waals surface area contributed by atoms with Gasteiger partial charge >= 0.3 is 0 Å². The van der Waals surface area contributed by atoms with Crippen LogP contribution in [-0.2, 0) is 4.79 Å². The summed E-state index contributed by atoms with van der Waals surface area (Å²) in [6.45, 7) is 2.72. The lowest BCUT2D eigenvalue weighted by molar-refractivity contribution is -0.117. The fraction of sp³-hybridized carbons (Fsp3) is 0.208. The van der Waals surface area contributed by atoms with Gasteiger partial charge in [-0.25, -0.2) is 0 Å². The van der Waals surface area contributed by atoms with Crippen LogP contribution in [0.1, 0.15) is 10.4 Å². The van der Waals surface area contributed by atoms with Gasteiger partial charge in [-0.3, -0.25) is 19.5 Å². The van der Waals surface area contributed by atoms with Crippen molar-refractivity contribution in [2.24, 2.45) is 0 Å². The van der Waals surface area contributed by atoms with Crippen molar-refractivity contribution < 1.29 is 14.3 Å². The van der Waals surface area contributed by atoms with Gasteiger partial charge in [-0.05, 0) is 36.4 Å². The molecular formula is C24H24N4O3. The van der Waals surface area contributed by atoms with Gasteiger partial charge in [0.2, 0.25) is 5.91 Å². The first kappa shape index (κ1) is 20.6. The predicted octanol–water partition coefficient (Wildman–Crippen LogP) is 3.27. The Labute approximate surface area is 181 Å². The molecule has 0 aliphatic carbocycles. The molecule has 0 radical (unpaired) electrons. The molecule has 1 aromatic heterocycles. The fourth-order valence-electron chi connectivity index (χ4n) is 3.45. The number of piperazine rings is 1. The van der Waals surface area contributed by atoms with Crippen molar-refractivity contribution in [1.29, 1.82) is 0 Å². The van der Waals surface area contributed by atoms with Crippen LogP contribution in [0, 0.1) is 0 Å². The molecule has 0 unspecified atom stereocenters. The van der Waals surface area contributed by atoms with Gasteiger partial charge in [0, 0.05) is 44.1 Å². The molecule has 2 amide bonds. The molecule has 1 aliphatic heterocycles. The lowest BCUT2D eigenvalue weighted by Gasteiger charge is -2.34. The van der Waals surface area contributed by atoms with Crippen LogP contribution in [0.3, 0.4) is 0 Å². The fourth-order valence-corrected chi connectivity index (χ4v) is 3.45. The van der Waals surface area contributed by atoms with Crippen LogP contribution in [0.5, 0.6) is 11.5 Å². The standard InChI is InChI=1S/C24H24N4O3/c29-23(26-21-8-4-5-9-22(21)31-20-6-2-1-3-7-20)18-27-14-16-28(17-15-27)24(30)19-10-12-25-13-11-19/h1-13H,14-18H2,(H,26,29). The van der Waals surface area contributed by atoms with E-state index in [1.54, 1.807) is 24.5 Å². The molecule has 3 aromatic rings. The summed E-state index contributed by atoms with van der Waals surface area (Å²) in [5.74, 6) is 1.19. The first-order valence-electron chi connectivity index (χ1n) is 10.2. The van der Waals surface area contributed by atoms with E-state index in [9.17, 15) is 9.59 Å². The molecule has 1 N–H and O–H groups in total. The number of para-hydroxylation sites is 3. The zero-order valence-corrected chi connectivity index (χ0v) is 17.1. The molecule has 1 saturated heterocycles. The SMILES string of the molecule is O=C(CN1CCN(C(=O)c2ccncc2)CC1)Nc1ccccc1Oc1ccccc1. The number of carbonyl (C=O) groups excluding carboxylic acids is 2. The van der Waals surface area contributed by atoms with Gasteiger partial charge in [0.15, 0.2) is 5.75 Å². The second-order valence-electron chi connectivity index (χ2n) is 7.26. The van der Waals surface area contributed by atoms with Crippen LogP contribution in [0.4, 0.5) is 5.69 Å². The number of rotatable bonds is 6. The van der Waals surface area contributed by atoms with Gasteiger partial charge in [0.25, 0.3) is 5.91 Å². The monoisotopic (exact) mass is 416 g/mol. The Hall–Kier alpha value is -3.71. The van der Waals surface area contributed by atoms with E-state index in [4.69, 9.17) is 4.74 Å². The maximum absolute atomic E-state index is 12.6. The summed E-state index contributed by atoms with van der Waals surface area (Å²) in [5, 5.41) is 2.94. The molecule has 0 atom stereocenters. The van der Waals surface area contributed by atoms with Crippen molar-refractivity contribution in [1.82, 2.24) is 14.8 Å². The maximum atomic E-state index is 12.6. The number of nitrogens with one attached hydrogen (secondary N) is 1. The molecule has 0 saturated carbocycles. The van der Waals surface area contributed by atoms with Gasteiger partial charge in [0.1, 0.15) is 5.75 Å². The van der Waals surface area contributed by atoms with E-state index < -0.39 is 0 Å². The summed E-state index contributed by atoms with van der Waals surface area (Å²) in [4.78, 5) is 33.0. The number of hydrogen-bond acceptors (Lipinski definition) is 5. The number of carbonyl (C=O) groups is 2. The van der Waals surface area contributed by atoms with E-state index >= 15 is 0 Å². The molecule has 1 fully saturated rings. The number of pyridine rings is 1. The lowest BCUT2D eigenvalue weighted by atomic mass is 10.2. The number of amides is 2. The van der Waals surface area contributed by atoms with Crippen molar-refractivity contribution in [3.63, 3.8) is 0 Å². The minimum absolute atomic E-state index is 0.00140. The van der Waals surface area contributed by atoms with Crippen molar-refractivity contribution in [3.8, 4) is 11.5 Å². The second kappa shape index (κ2) is 9.86. The van der Waals surface area contributed by atoms with Crippen molar-refractivity contribution >= 4 is 17.5 Å². The van der Waals surface area contributed by atoms with E-state index in [2.05, 4.69) is 10.3 Å². The summed E-state index contributed by atoms with van der Waals surface area (Å²) in [6, 6.07) is 20.3. The molecule has 158 valence electrons. The lowest BCUT2D eigenvalue weighted by Crippen LogP contribution is -2.50. The minimum atomic E-state index is -0.113. The van der Waals surface area contributed by atoms with Crippen molar-refractivity contribution in [2.75, 3.05) is 38.0 Å². The quantitative estimate of drug-likeness (QED) is 0.668. The van der Waals surface area contributed by atoms with Crippen LogP contribution >= 0.6 is 0 Å². The molecule has 4 rings (SSSR count). The van der Waals surface area contributed by atoms with Crippen molar-refractivity contribution in [3.05, 3.63) is 84.7 Å². The maximum Gasteiger partial charge on any atom is 0.254 e. The summed E-state index contributed by atoms with van der Waals surface area (Å²) < 4.78 is 5.91. The topological polar surface area (TPSA) is 74.8 Å². The van der Waals surface area contributed by atoms with E-state index in [-0.39, 0.29) is 18.4 Å². The molecule has 31 heavy (non-hydrogen) atoms. The Morgan fingerprint density at radius 1 is 0.871 bits per heavy atom. The molecule has 2 heterocycles. The largest absolute Gasteiger partial charge is 0.455 e. The van der Waals surface area contributed by atoms with Gasteiger partial charge in [0.05, 0.1) is 12.2 Å². The Bertz CT molecular complexity index is 1020. The van der Waals surface area contributed by atoms with Gasteiger partial charge in [-0.1, -0.05) is 30.3 Å². The smallest absolute Gasteiger partial charge is 0.254 e. The van der Waals surface area contributed by atoms with Gasteiger partial charge in [-0.2, -0.15) is 0 Å². The van der Waals surface area contributed by atoms with Crippen molar-refractivity contribution in [2.45, 2.75) is 0 Å². The summed E-state index contributed by atoms with van der Waals surface area (Å²) in [7, 11) is 0. The van der Waals surface area contributed by atoms with Crippen LogP contribution < -0.4 is 10.1 Å². The van der Waals surface area contributed by atoms with Crippen LogP contribution in [0.15, 0.2) is 79.1 Å². The number of ether oxygens (including phenoxy) is 1. The molecular weight excluding hydrogens is 392 g/mol. The highest BCUT2D eigenvalue weighted by molar-refractivity contribution is 5.94. The van der Waals surface area contributed by atoms with Crippen LogP contribution in [0.2, 0.25) is 0 Å². The highest BCUT2D eigenvalue weighted by Crippen LogP contribution is 2.29. The molecule has 0 spiro atoms. The van der Waals surface area contributed by atoms with E-state index in [1.807, 2.05) is 64.4 Å². The third-order valence-electron chi connectivity index (χ3n) is 5.09. The van der Waals surface area contributed by atoms with Crippen LogP contribution in [-0.4, -0.2) is 59.3 Å². The third kappa shape index (κ3) is 5.46. The molecule has 7 nitrogen and oxygen atoms in total. The summed E-state index contributed by atoms with van der Waals surface area (Å²) in [6.07, 6.45) is 3.24. The highest BCUT2D eigenvalue weighted by Gasteiger charge is 2.23. The van der Waals surface area contributed by atoms with E-state index in [0.717, 1.165) is 0 Å². The number of anilines is 1. The molecule has 1 aliphatic rings. The first-order chi connectivity index (χ1) is 15.2. The predicted molar refractivity (Wildman–Crippen MR) is 118 cm³/mol. The Morgan fingerprint density at radius 2 is 1.55 bits per heavy atom. The van der Waals surface area contributed by atoms with E-state index in [0.29, 0.717) is 48.9 Å².